The molecule has 1 atom stereocenters. The number of thiol groups is 1. The normalized spacial score (nSPS) is 15.0. The van der Waals surface area contributed by atoms with Gasteiger partial charge in [0, 0.05) is 10.8 Å². The quantitative estimate of drug-likeness (QED) is 0.617. The van der Waals surface area contributed by atoms with Gasteiger partial charge in [0.1, 0.15) is 0 Å². The molecule has 68 valence electrons. The van der Waals surface area contributed by atoms with E-state index in [1.54, 1.807) is 0 Å². The summed E-state index contributed by atoms with van der Waals surface area (Å²) in [5.74, 6) is 0. The Labute approximate surface area is 76.2 Å². The van der Waals surface area contributed by atoms with Crippen LogP contribution in [0.3, 0.4) is 0 Å². The van der Waals surface area contributed by atoms with E-state index in [-0.39, 0.29) is 10.8 Å². The molecule has 0 spiro atoms. The molecule has 0 aliphatic heterocycles. The number of rotatable bonds is 5. The molecule has 1 unspecified atom stereocenters. The van der Waals surface area contributed by atoms with Gasteiger partial charge in [-0.3, -0.25) is 0 Å². The predicted molar refractivity (Wildman–Crippen MR) is 55.2 cm³/mol. The molecule has 0 aromatic rings. The van der Waals surface area contributed by atoms with Crippen molar-refractivity contribution in [3.63, 3.8) is 0 Å². The van der Waals surface area contributed by atoms with E-state index in [2.05, 4.69) is 33.4 Å². The van der Waals surface area contributed by atoms with Crippen LogP contribution in [-0.4, -0.2) is 10.8 Å². The summed E-state index contributed by atoms with van der Waals surface area (Å²) in [6, 6.07) is 0.255. The highest BCUT2D eigenvalue weighted by Gasteiger charge is 2.27. The van der Waals surface area contributed by atoms with Crippen LogP contribution in [0.25, 0.3) is 0 Å². The fraction of sp³-hybridized carbons (Fsp3) is 1.00. The van der Waals surface area contributed by atoms with E-state index in [1.165, 1.54) is 0 Å². The number of hydrogen-bond acceptors (Lipinski definition) is 2. The number of hydrogen-bond donors (Lipinski definition) is 2. The second kappa shape index (κ2) is 5.04. The molecule has 0 rings (SSSR count). The van der Waals surface area contributed by atoms with Gasteiger partial charge < -0.3 is 5.73 Å². The van der Waals surface area contributed by atoms with Gasteiger partial charge >= 0.3 is 0 Å². The first-order chi connectivity index (χ1) is 5.10. The van der Waals surface area contributed by atoms with E-state index < -0.39 is 0 Å². The van der Waals surface area contributed by atoms with Crippen LogP contribution >= 0.6 is 12.6 Å². The Bertz CT molecular complexity index is 99.7. The van der Waals surface area contributed by atoms with E-state index in [9.17, 15) is 0 Å². The molecule has 0 fully saturated rings. The van der Waals surface area contributed by atoms with Crippen molar-refractivity contribution in [2.24, 2.45) is 5.73 Å². The Balaban J connectivity index is 4.00. The molecule has 0 heterocycles. The Morgan fingerprint density at radius 3 is 2.00 bits per heavy atom. The Morgan fingerprint density at radius 1 is 1.27 bits per heavy atom. The summed E-state index contributed by atoms with van der Waals surface area (Å²) in [4.78, 5) is 0. The van der Waals surface area contributed by atoms with Crippen LogP contribution in [0.4, 0.5) is 0 Å². The van der Waals surface area contributed by atoms with Crippen molar-refractivity contribution in [2.45, 2.75) is 57.2 Å². The van der Waals surface area contributed by atoms with E-state index in [0.29, 0.717) is 0 Å². The fourth-order valence-electron chi connectivity index (χ4n) is 1.35. The Kier molecular flexibility index (Phi) is 5.19. The van der Waals surface area contributed by atoms with Crippen LogP contribution in [0.5, 0.6) is 0 Å². The van der Waals surface area contributed by atoms with Crippen molar-refractivity contribution in [1.82, 2.24) is 0 Å². The molecule has 0 saturated heterocycles. The molecule has 0 bridgehead atoms. The molecule has 0 aromatic carbocycles. The lowest BCUT2D eigenvalue weighted by molar-refractivity contribution is 0.421. The van der Waals surface area contributed by atoms with Crippen molar-refractivity contribution in [3.8, 4) is 0 Å². The topological polar surface area (TPSA) is 26.0 Å². The zero-order valence-corrected chi connectivity index (χ0v) is 8.82. The van der Waals surface area contributed by atoms with Crippen molar-refractivity contribution in [2.75, 3.05) is 0 Å². The zero-order chi connectivity index (χ0) is 8.91. The Hall–Kier alpha value is 0.310. The molecule has 0 aromatic heterocycles. The molecule has 2 N–H and O–H groups in total. The van der Waals surface area contributed by atoms with Gasteiger partial charge in [0.2, 0.25) is 0 Å². The summed E-state index contributed by atoms with van der Waals surface area (Å²) in [6.45, 7) is 6.48. The minimum atomic E-state index is 0.0655. The van der Waals surface area contributed by atoms with Gasteiger partial charge in [0.25, 0.3) is 0 Å². The van der Waals surface area contributed by atoms with Gasteiger partial charge in [-0.25, -0.2) is 0 Å². The monoisotopic (exact) mass is 175 g/mol. The summed E-state index contributed by atoms with van der Waals surface area (Å²) in [6.07, 6.45) is 4.37. The first-order valence-corrected chi connectivity index (χ1v) is 5.03. The highest BCUT2D eigenvalue weighted by molar-refractivity contribution is 7.81. The summed E-state index contributed by atoms with van der Waals surface area (Å²) in [5, 5.41) is 0. The summed E-state index contributed by atoms with van der Waals surface area (Å²) in [5.41, 5.74) is 6.01. The van der Waals surface area contributed by atoms with Gasteiger partial charge in [-0.1, -0.05) is 27.2 Å². The average Bonchev–Trinajstić information content (AvgIpc) is 2.03. The van der Waals surface area contributed by atoms with Gasteiger partial charge in [-0.15, -0.1) is 0 Å². The van der Waals surface area contributed by atoms with E-state index in [4.69, 9.17) is 5.73 Å². The van der Waals surface area contributed by atoms with Crippen LogP contribution in [0.15, 0.2) is 0 Å². The average molecular weight is 175 g/mol. The van der Waals surface area contributed by atoms with Gasteiger partial charge in [-0.05, 0) is 19.3 Å². The number of nitrogens with two attached hydrogens (primary N) is 1. The highest BCUT2D eigenvalue weighted by Crippen LogP contribution is 2.28. The largest absolute Gasteiger partial charge is 0.326 e. The lowest BCUT2D eigenvalue weighted by Gasteiger charge is -2.32. The maximum Gasteiger partial charge on any atom is 0.0275 e. The minimum Gasteiger partial charge on any atom is -0.326 e. The molecule has 0 saturated carbocycles. The maximum absolute atomic E-state index is 6.01. The summed E-state index contributed by atoms with van der Waals surface area (Å²) in [7, 11) is 0. The highest BCUT2D eigenvalue weighted by atomic mass is 32.1. The molecular weight excluding hydrogens is 154 g/mol. The second-order valence-corrected chi connectivity index (χ2v) is 4.10. The fourth-order valence-corrected chi connectivity index (χ4v) is 1.48. The maximum atomic E-state index is 6.01. The van der Waals surface area contributed by atoms with Gasteiger partial charge in [0.15, 0.2) is 0 Å². The van der Waals surface area contributed by atoms with E-state index in [0.717, 1.165) is 25.7 Å². The minimum absolute atomic E-state index is 0.0655. The van der Waals surface area contributed by atoms with Crippen LogP contribution in [0, 0.1) is 0 Å². The standard InChI is InChI=1S/C9H21NS/c1-4-7-8(10)9(11,5-2)6-3/h8,11H,4-7,10H2,1-3H3. The summed E-state index contributed by atoms with van der Waals surface area (Å²) < 4.78 is 0.0655. The van der Waals surface area contributed by atoms with Crippen LogP contribution in [-0.2, 0) is 0 Å². The van der Waals surface area contributed by atoms with E-state index >= 15 is 0 Å². The van der Waals surface area contributed by atoms with Crippen molar-refractivity contribution in [1.29, 1.82) is 0 Å². The van der Waals surface area contributed by atoms with E-state index in [1.807, 2.05) is 0 Å². The summed E-state index contributed by atoms with van der Waals surface area (Å²) >= 11 is 4.62. The van der Waals surface area contributed by atoms with Gasteiger partial charge in [-0.2, -0.15) is 12.6 Å². The van der Waals surface area contributed by atoms with Crippen molar-refractivity contribution in [3.05, 3.63) is 0 Å². The third kappa shape index (κ3) is 3.04. The molecule has 1 nitrogen and oxygen atoms in total. The Morgan fingerprint density at radius 2 is 1.73 bits per heavy atom. The SMILES string of the molecule is CCCC(N)C(S)(CC)CC. The second-order valence-electron chi connectivity index (χ2n) is 3.21. The van der Waals surface area contributed by atoms with Crippen molar-refractivity contribution < 1.29 is 0 Å². The predicted octanol–water partition coefficient (Wildman–Crippen LogP) is 2.60. The lowest BCUT2D eigenvalue weighted by Crippen LogP contribution is -2.42. The first-order valence-electron chi connectivity index (χ1n) is 4.58. The molecule has 0 radical (unpaired) electrons. The van der Waals surface area contributed by atoms with Crippen LogP contribution in [0.2, 0.25) is 0 Å². The van der Waals surface area contributed by atoms with Crippen LogP contribution < -0.4 is 5.73 Å². The van der Waals surface area contributed by atoms with Crippen molar-refractivity contribution >= 4 is 12.6 Å². The zero-order valence-electron chi connectivity index (χ0n) is 7.93. The molecule has 0 amide bonds. The van der Waals surface area contributed by atoms with Crippen LogP contribution in [0.1, 0.15) is 46.5 Å². The van der Waals surface area contributed by atoms with Gasteiger partial charge in [0.05, 0.1) is 0 Å². The molecular formula is C9H21NS. The first kappa shape index (κ1) is 11.3. The molecule has 2 heteroatoms. The smallest absolute Gasteiger partial charge is 0.0275 e. The molecule has 0 aliphatic rings. The lowest BCUT2D eigenvalue weighted by atomic mass is 9.90. The molecule has 11 heavy (non-hydrogen) atoms. The third-order valence-electron chi connectivity index (χ3n) is 2.51. The third-order valence-corrected chi connectivity index (χ3v) is 3.48. The molecule has 0 aliphatic carbocycles.